The fourth-order valence-electron chi connectivity index (χ4n) is 3.69. The van der Waals surface area contributed by atoms with Gasteiger partial charge in [0.1, 0.15) is 5.15 Å². The van der Waals surface area contributed by atoms with Crippen molar-refractivity contribution < 1.29 is 0 Å². The van der Waals surface area contributed by atoms with E-state index in [0.29, 0.717) is 17.7 Å². The lowest BCUT2D eigenvalue weighted by atomic mass is 10.2. The van der Waals surface area contributed by atoms with Crippen molar-refractivity contribution in [2.75, 3.05) is 19.6 Å². The van der Waals surface area contributed by atoms with Crippen molar-refractivity contribution in [3.63, 3.8) is 0 Å². The molecule has 2 fully saturated rings. The van der Waals surface area contributed by atoms with Crippen LogP contribution in [0.2, 0.25) is 5.15 Å². The van der Waals surface area contributed by atoms with E-state index in [1.807, 2.05) is 12.1 Å². The highest BCUT2D eigenvalue weighted by Gasteiger charge is 2.30. The molecule has 1 atom stereocenters. The van der Waals surface area contributed by atoms with Crippen LogP contribution in [0.15, 0.2) is 23.3 Å². The molecule has 6 heteroatoms. The van der Waals surface area contributed by atoms with Gasteiger partial charge in [0.05, 0.1) is 6.54 Å². The first-order valence-corrected chi connectivity index (χ1v) is 9.51. The Balaban J connectivity index is 1.53. The highest BCUT2D eigenvalue weighted by molar-refractivity contribution is 6.29. The van der Waals surface area contributed by atoms with E-state index < -0.39 is 0 Å². The van der Waals surface area contributed by atoms with Crippen molar-refractivity contribution >= 4 is 17.6 Å². The fourth-order valence-corrected chi connectivity index (χ4v) is 3.80. The number of hydrogen-bond donors (Lipinski definition) is 2. The van der Waals surface area contributed by atoms with Crippen LogP contribution in [0.4, 0.5) is 0 Å². The number of halogens is 1. The molecular formula is C18H28ClN5. The molecule has 5 nitrogen and oxygen atoms in total. The number of guanidine groups is 1. The van der Waals surface area contributed by atoms with Crippen LogP contribution in [-0.2, 0) is 6.54 Å². The van der Waals surface area contributed by atoms with Crippen LogP contribution in [0, 0.1) is 0 Å². The Morgan fingerprint density at radius 2 is 2.17 bits per heavy atom. The number of aliphatic imine (C=N–C) groups is 1. The third-order valence-electron chi connectivity index (χ3n) is 4.95. The Morgan fingerprint density at radius 3 is 2.88 bits per heavy atom. The topological polar surface area (TPSA) is 52.6 Å². The molecule has 24 heavy (non-hydrogen) atoms. The number of nitrogens with one attached hydrogen (secondary N) is 2. The first-order valence-electron chi connectivity index (χ1n) is 9.14. The van der Waals surface area contributed by atoms with Gasteiger partial charge in [-0.15, -0.1) is 0 Å². The normalized spacial score (nSPS) is 22.9. The second kappa shape index (κ2) is 8.67. The molecule has 1 saturated heterocycles. The monoisotopic (exact) mass is 349 g/mol. The summed E-state index contributed by atoms with van der Waals surface area (Å²) in [6, 6.07) is 5.09. The Bertz CT molecular complexity index is 539. The minimum Gasteiger partial charge on any atom is -0.357 e. The molecule has 2 heterocycles. The summed E-state index contributed by atoms with van der Waals surface area (Å²) in [5.74, 6) is 0.894. The van der Waals surface area contributed by atoms with E-state index in [-0.39, 0.29) is 0 Å². The number of pyridine rings is 1. The lowest BCUT2D eigenvalue weighted by Crippen LogP contribution is -2.45. The van der Waals surface area contributed by atoms with Gasteiger partial charge in [0.2, 0.25) is 0 Å². The summed E-state index contributed by atoms with van der Waals surface area (Å²) in [5, 5.41) is 7.47. The van der Waals surface area contributed by atoms with Gasteiger partial charge < -0.3 is 10.6 Å². The molecule has 1 aliphatic carbocycles. The molecule has 0 amide bonds. The third-order valence-corrected chi connectivity index (χ3v) is 5.18. The van der Waals surface area contributed by atoms with Crippen molar-refractivity contribution in [1.29, 1.82) is 0 Å². The van der Waals surface area contributed by atoms with Crippen molar-refractivity contribution in [1.82, 2.24) is 20.5 Å². The largest absolute Gasteiger partial charge is 0.357 e. The van der Waals surface area contributed by atoms with Gasteiger partial charge in [0, 0.05) is 37.9 Å². The van der Waals surface area contributed by atoms with E-state index in [9.17, 15) is 0 Å². The molecule has 132 valence electrons. The maximum Gasteiger partial charge on any atom is 0.191 e. The molecular weight excluding hydrogens is 322 g/mol. The van der Waals surface area contributed by atoms with Crippen LogP contribution in [-0.4, -0.2) is 47.6 Å². The van der Waals surface area contributed by atoms with E-state index in [1.165, 1.54) is 38.6 Å². The first kappa shape index (κ1) is 17.5. The van der Waals surface area contributed by atoms with E-state index in [0.717, 1.165) is 30.7 Å². The zero-order chi connectivity index (χ0) is 16.8. The number of aromatic nitrogens is 1. The lowest BCUT2D eigenvalue weighted by molar-refractivity contribution is 0.242. The molecule has 2 aliphatic rings. The maximum atomic E-state index is 5.83. The van der Waals surface area contributed by atoms with Crippen LogP contribution < -0.4 is 10.6 Å². The van der Waals surface area contributed by atoms with Gasteiger partial charge in [0.25, 0.3) is 0 Å². The first-order chi connectivity index (χ1) is 11.7. The highest BCUT2D eigenvalue weighted by Crippen LogP contribution is 2.26. The molecule has 0 aromatic carbocycles. The Labute approximate surface area is 149 Å². The van der Waals surface area contributed by atoms with E-state index in [2.05, 4.69) is 27.4 Å². The number of likely N-dealkylation sites (tertiary alicyclic amines) is 1. The summed E-state index contributed by atoms with van der Waals surface area (Å²) in [5.41, 5.74) is 1.07. The van der Waals surface area contributed by atoms with Crippen molar-refractivity contribution in [3.8, 4) is 0 Å². The van der Waals surface area contributed by atoms with Gasteiger partial charge in [0.15, 0.2) is 5.96 Å². The number of hydrogen-bond acceptors (Lipinski definition) is 3. The second-order valence-corrected chi connectivity index (χ2v) is 7.13. The van der Waals surface area contributed by atoms with Crippen LogP contribution >= 0.6 is 11.6 Å². The van der Waals surface area contributed by atoms with Crippen LogP contribution in [0.25, 0.3) is 0 Å². The summed E-state index contributed by atoms with van der Waals surface area (Å²) in [4.78, 5) is 11.5. The number of rotatable bonds is 5. The van der Waals surface area contributed by atoms with Gasteiger partial charge in [-0.05, 0) is 37.8 Å². The Hall–Kier alpha value is -1.33. The Morgan fingerprint density at radius 1 is 1.33 bits per heavy atom. The van der Waals surface area contributed by atoms with Crippen LogP contribution in [0.3, 0.4) is 0 Å². The van der Waals surface area contributed by atoms with Gasteiger partial charge in [-0.1, -0.05) is 30.5 Å². The highest BCUT2D eigenvalue weighted by atomic mass is 35.5. The molecule has 1 aromatic rings. The van der Waals surface area contributed by atoms with Crippen molar-refractivity contribution in [2.24, 2.45) is 4.99 Å². The van der Waals surface area contributed by atoms with E-state index in [4.69, 9.17) is 16.6 Å². The minimum atomic E-state index is 0.492. The fraction of sp³-hybridized carbons (Fsp3) is 0.667. The summed E-state index contributed by atoms with van der Waals surface area (Å²) < 4.78 is 0. The summed E-state index contributed by atoms with van der Waals surface area (Å²) >= 11 is 5.83. The molecule has 1 aliphatic heterocycles. The summed E-state index contributed by atoms with van der Waals surface area (Å²) in [7, 11) is 0. The predicted molar refractivity (Wildman–Crippen MR) is 99.4 cm³/mol. The van der Waals surface area contributed by atoms with E-state index >= 15 is 0 Å². The predicted octanol–water partition coefficient (Wildman–Crippen LogP) is 2.81. The Kier molecular flexibility index (Phi) is 6.32. The molecule has 0 radical (unpaired) electrons. The van der Waals surface area contributed by atoms with Gasteiger partial charge in [-0.2, -0.15) is 0 Å². The van der Waals surface area contributed by atoms with Crippen molar-refractivity contribution in [3.05, 3.63) is 29.0 Å². The second-order valence-electron chi connectivity index (χ2n) is 6.75. The molecule has 2 N–H and O–H groups in total. The molecule has 0 spiro atoms. The van der Waals surface area contributed by atoms with Crippen LogP contribution in [0.1, 0.15) is 44.6 Å². The zero-order valence-corrected chi connectivity index (χ0v) is 15.2. The SMILES string of the molecule is CCNC(=NCc1ccc(Cl)nc1)NC1CCN(C2CCCC2)C1. The summed E-state index contributed by atoms with van der Waals surface area (Å²) in [6.07, 6.45) is 8.54. The van der Waals surface area contributed by atoms with Gasteiger partial charge in [-0.25, -0.2) is 9.98 Å². The molecule has 1 unspecified atom stereocenters. The van der Waals surface area contributed by atoms with Crippen molar-refractivity contribution in [2.45, 2.75) is 57.7 Å². The lowest BCUT2D eigenvalue weighted by Gasteiger charge is -2.24. The zero-order valence-electron chi connectivity index (χ0n) is 14.5. The smallest absolute Gasteiger partial charge is 0.191 e. The number of nitrogens with zero attached hydrogens (tertiary/aromatic N) is 3. The standard InChI is InChI=1S/C18H28ClN5/c1-2-20-18(22-12-14-7-8-17(19)21-11-14)23-15-9-10-24(13-15)16-5-3-4-6-16/h7-8,11,15-16H,2-6,9-10,12-13H2,1H3,(H2,20,22,23). The average Bonchev–Trinajstić information content (AvgIpc) is 3.25. The third kappa shape index (κ3) is 4.84. The van der Waals surface area contributed by atoms with Gasteiger partial charge >= 0.3 is 0 Å². The summed E-state index contributed by atoms with van der Waals surface area (Å²) in [6.45, 7) is 5.92. The minimum absolute atomic E-state index is 0.492. The van der Waals surface area contributed by atoms with Gasteiger partial charge in [-0.3, -0.25) is 4.90 Å². The molecule has 1 saturated carbocycles. The van der Waals surface area contributed by atoms with Crippen LogP contribution in [0.5, 0.6) is 0 Å². The maximum absolute atomic E-state index is 5.83. The van der Waals surface area contributed by atoms with E-state index in [1.54, 1.807) is 6.20 Å². The quantitative estimate of drug-likeness (QED) is 0.487. The molecule has 1 aromatic heterocycles. The molecule has 0 bridgehead atoms. The molecule has 3 rings (SSSR count). The average molecular weight is 350 g/mol.